The second-order valence-electron chi connectivity index (χ2n) is 2.97. The number of carbonyl (C=O) groups excluding carboxylic acids is 1. The third-order valence-electron chi connectivity index (χ3n) is 1.71. The van der Waals surface area contributed by atoms with E-state index in [-0.39, 0.29) is 12.2 Å². The Hall–Kier alpha value is -2.57. The molecule has 1 rings (SSSR count). The number of carboxylic acid groups (broad SMARTS) is 1. The lowest BCUT2D eigenvalue weighted by Crippen LogP contribution is -2.08. The summed E-state index contributed by atoms with van der Waals surface area (Å²) in [5.41, 5.74) is -0.473. The zero-order chi connectivity index (χ0) is 13.5. The minimum atomic E-state index is -1.59. The Morgan fingerprint density at radius 2 is 2.22 bits per heavy atom. The summed E-state index contributed by atoms with van der Waals surface area (Å²) in [6.07, 6.45) is 1.66. The van der Waals surface area contributed by atoms with Gasteiger partial charge in [0.15, 0.2) is 5.43 Å². The highest BCUT2D eigenvalue weighted by Gasteiger charge is 2.06. The van der Waals surface area contributed by atoms with Gasteiger partial charge in [0.05, 0.1) is 18.2 Å². The van der Waals surface area contributed by atoms with Crippen LogP contribution in [0.2, 0.25) is 0 Å². The largest absolute Gasteiger partial charge is 0.513 e. The van der Waals surface area contributed by atoms with Gasteiger partial charge in [-0.25, -0.2) is 9.59 Å². The number of hydrogen-bond acceptors (Lipinski definition) is 6. The summed E-state index contributed by atoms with van der Waals surface area (Å²) in [6, 6.07) is 0.860. The molecular weight excluding hydrogens is 244 g/mol. The van der Waals surface area contributed by atoms with Gasteiger partial charge in [-0.1, -0.05) is 0 Å². The van der Waals surface area contributed by atoms with E-state index in [0.29, 0.717) is 0 Å². The third-order valence-corrected chi connectivity index (χ3v) is 1.71. The summed E-state index contributed by atoms with van der Waals surface area (Å²) in [6.45, 7) is 1.88. The summed E-state index contributed by atoms with van der Waals surface area (Å²) in [5.74, 6) is -1.04. The third kappa shape index (κ3) is 4.12. The summed E-state index contributed by atoms with van der Waals surface area (Å²) in [5, 5.41) is 8.30. The smallest absolute Gasteiger partial charge is 0.463 e. The molecule has 0 unspecified atom stereocenters. The van der Waals surface area contributed by atoms with Crippen molar-refractivity contribution in [1.82, 2.24) is 0 Å². The summed E-state index contributed by atoms with van der Waals surface area (Å²) < 4.78 is 13.5. The molecule has 1 heterocycles. The molecule has 0 aliphatic carbocycles. The molecule has 0 atom stereocenters. The fraction of sp³-hybridized carbons (Fsp3) is 0.182. The highest BCUT2D eigenvalue weighted by atomic mass is 16.7. The van der Waals surface area contributed by atoms with Gasteiger partial charge in [-0.3, -0.25) is 4.79 Å². The van der Waals surface area contributed by atoms with E-state index in [2.05, 4.69) is 9.47 Å². The van der Waals surface area contributed by atoms with Gasteiger partial charge in [-0.15, -0.1) is 0 Å². The SMILES string of the molecule is CCOC(=O)/C=C/c1coc(OC(=O)O)cc1=O. The second-order valence-corrected chi connectivity index (χ2v) is 2.97. The van der Waals surface area contributed by atoms with E-state index in [1.54, 1.807) is 6.92 Å². The Morgan fingerprint density at radius 3 is 2.78 bits per heavy atom. The van der Waals surface area contributed by atoms with Crippen LogP contribution in [0.5, 0.6) is 5.95 Å². The van der Waals surface area contributed by atoms with Gasteiger partial charge in [0, 0.05) is 6.08 Å². The number of ether oxygens (including phenoxy) is 2. The number of hydrogen-bond donors (Lipinski definition) is 1. The topological polar surface area (TPSA) is 103 Å². The first-order valence-corrected chi connectivity index (χ1v) is 4.91. The molecule has 96 valence electrons. The molecule has 0 bridgehead atoms. The molecule has 1 N–H and O–H groups in total. The van der Waals surface area contributed by atoms with Crippen LogP contribution in [-0.2, 0) is 9.53 Å². The molecule has 7 heteroatoms. The fourth-order valence-corrected chi connectivity index (χ4v) is 1.01. The predicted octanol–water partition coefficient (Wildman–Crippen LogP) is 1.27. The normalized spacial score (nSPS) is 10.3. The van der Waals surface area contributed by atoms with Crippen LogP contribution in [0.1, 0.15) is 12.5 Å². The summed E-state index contributed by atoms with van der Waals surface area (Å²) >= 11 is 0. The number of carbonyl (C=O) groups is 2. The molecular formula is C11H10O7. The van der Waals surface area contributed by atoms with Gasteiger partial charge >= 0.3 is 12.1 Å². The molecule has 0 saturated heterocycles. The van der Waals surface area contributed by atoms with Crippen molar-refractivity contribution in [2.75, 3.05) is 6.61 Å². The van der Waals surface area contributed by atoms with Crippen molar-refractivity contribution in [2.45, 2.75) is 6.92 Å². The molecule has 7 nitrogen and oxygen atoms in total. The Bertz CT molecular complexity index is 526. The first-order chi connectivity index (χ1) is 8.52. The molecule has 0 aliphatic rings. The fourth-order valence-electron chi connectivity index (χ4n) is 1.01. The van der Waals surface area contributed by atoms with Gasteiger partial charge in [0.1, 0.15) is 6.26 Å². The summed E-state index contributed by atoms with van der Waals surface area (Å²) in [4.78, 5) is 32.6. The van der Waals surface area contributed by atoms with Crippen LogP contribution < -0.4 is 10.2 Å². The molecule has 1 aromatic rings. The first kappa shape index (κ1) is 13.5. The minimum absolute atomic E-state index is 0.0702. The van der Waals surface area contributed by atoms with Crippen molar-refractivity contribution in [3.05, 3.63) is 34.2 Å². The van der Waals surface area contributed by atoms with Gasteiger partial charge < -0.3 is 19.0 Å². The van der Waals surface area contributed by atoms with Gasteiger partial charge in [-0.05, 0) is 13.0 Å². The van der Waals surface area contributed by atoms with E-state index < -0.39 is 23.5 Å². The zero-order valence-electron chi connectivity index (χ0n) is 9.41. The van der Waals surface area contributed by atoms with Gasteiger partial charge in [0.2, 0.25) is 0 Å². The number of esters is 1. The molecule has 0 saturated carbocycles. The van der Waals surface area contributed by atoms with E-state index in [1.165, 1.54) is 6.08 Å². The molecule has 0 amide bonds. The van der Waals surface area contributed by atoms with Crippen LogP contribution >= 0.6 is 0 Å². The average Bonchev–Trinajstić information content (AvgIpc) is 2.27. The van der Waals surface area contributed by atoms with Crippen LogP contribution in [0.15, 0.2) is 27.6 Å². The maximum atomic E-state index is 11.5. The lowest BCUT2D eigenvalue weighted by molar-refractivity contribution is -0.137. The van der Waals surface area contributed by atoms with Gasteiger partial charge in [-0.2, -0.15) is 0 Å². The van der Waals surface area contributed by atoms with E-state index in [1.807, 2.05) is 0 Å². The second kappa shape index (κ2) is 6.24. The molecule has 0 radical (unpaired) electrons. The quantitative estimate of drug-likeness (QED) is 0.637. The minimum Gasteiger partial charge on any atom is -0.463 e. The van der Waals surface area contributed by atoms with E-state index in [0.717, 1.165) is 18.4 Å². The summed E-state index contributed by atoms with van der Waals surface area (Å²) in [7, 11) is 0. The maximum absolute atomic E-state index is 11.5. The van der Waals surface area contributed by atoms with Crippen molar-refractivity contribution in [1.29, 1.82) is 0 Å². The molecule has 1 aromatic heterocycles. The van der Waals surface area contributed by atoms with Crippen molar-refractivity contribution >= 4 is 18.2 Å². The molecule has 0 aromatic carbocycles. The first-order valence-electron chi connectivity index (χ1n) is 4.91. The Balaban J connectivity index is 2.83. The highest BCUT2D eigenvalue weighted by Crippen LogP contribution is 2.09. The van der Waals surface area contributed by atoms with Gasteiger partial charge in [0.25, 0.3) is 5.95 Å². The van der Waals surface area contributed by atoms with Crippen LogP contribution in [0.3, 0.4) is 0 Å². The highest BCUT2D eigenvalue weighted by molar-refractivity contribution is 5.86. The molecule has 0 fully saturated rings. The Kier molecular flexibility index (Phi) is 4.67. The lowest BCUT2D eigenvalue weighted by Gasteiger charge is -1.98. The standard InChI is InChI=1S/C11H10O7/c1-2-16-9(13)4-3-7-6-17-10(5-8(7)12)18-11(14)15/h3-6H,2H2,1H3,(H,14,15)/b4-3+. The van der Waals surface area contributed by atoms with E-state index >= 15 is 0 Å². The van der Waals surface area contributed by atoms with E-state index in [9.17, 15) is 14.4 Å². The zero-order valence-corrected chi connectivity index (χ0v) is 9.41. The van der Waals surface area contributed by atoms with Crippen LogP contribution in [0, 0.1) is 0 Å². The van der Waals surface area contributed by atoms with Crippen LogP contribution in [0.25, 0.3) is 6.08 Å². The van der Waals surface area contributed by atoms with Crippen LogP contribution in [0.4, 0.5) is 4.79 Å². The van der Waals surface area contributed by atoms with Crippen molar-refractivity contribution in [3.8, 4) is 5.95 Å². The number of rotatable bonds is 4. The molecule has 0 spiro atoms. The van der Waals surface area contributed by atoms with Crippen molar-refractivity contribution in [2.24, 2.45) is 0 Å². The van der Waals surface area contributed by atoms with E-state index in [4.69, 9.17) is 9.52 Å². The maximum Gasteiger partial charge on any atom is 0.513 e. The van der Waals surface area contributed by atoms with Crippen molar-refractivity contribution in [3.63, 3.8) is 0 Å². The van der Waals surface area contributed by atoms with Crippen LogP contribution in [-0.4, -0.2) is 23.8 Å². The Labute approximate surface area is 101 Å². The monoisotopic (exact) mass is 254 g/mol. The lowest BCUT2D eigenvalue weighted by atomic mass is 10.2. The molecule has 0 aliphatic heterocycles. The Morgan fingerprint density at radius 1 is 1.50 bits per heavy atom. The predicted molar refractivity (Wildman–Crippen MR) is 59.3 cm³/mol. The average molecular weight is 254 g/mol. The molecule has 18 heavy (non-hydrogen) atoms. The van der Waals surface area contributed by atoms with Crippen molar-refractivity contribution < 1.29 is 28.6 Å².